The smallest absolute Gasteiger partial charge is 0.236 e. The van der Waals surface area contributed by atoms with Crippen molar-refractivity contribution in [1.29, 1.82) is 0 Å². The molecule has 1 spiro atoms. The summed E-state index contributed by atoms with van der Waals surface area (Å²) in [6.45, 7) is 8.62. The molecule has 29 heavy (non-hydrogen) atoms. The zero-order valence-corrected chi connectivity index (χ0v) is 17.6. The van der Waals surface area contributed by atoms with Gasteiger partial charge in [0.05, 0.1) is 6.54 Å². The second kappa shape index (κ2) is 7.63. The van der Waals surface area contributed by atoms with E-state index in [1.165, 1.54) is 11.3 Å². The van der Waals surface area contributed by atoms with Crippen molar-refractivity contribution in [2.24, 2.45) is 10.9 Å². The maximum Gasteiger partial charge on any atom is 0.236 e. The number of fused-ring (bicyclic) bond motifs is 4. The summed E-state index contributed by atoms with van der Waals surface area (Å²) >= 11 is 0. The molecule has 0 bridgehead atoms. The summed E-state index contributed by atoms with van der Waals surface area (Å²) in [5.74, 6) is 2.24. The van der Waals surface area contributed by atoms with E-state index in [9.17, 15) is 4.79 Å². The van der Waals surface area contributed by atoms with Crippen LogP contribution >= 0.6 is 0 Å². The van der Waals surface area contributed by atoms with Crippen molar-refractivity contribution in [1.82, 2.24) is 14.7 Å². The van der Waals surface area contributed by atoms with Crippen LogP contribution in [0.1, 0.15) is 44.6 Å². The molecule has 6 nitrogen and oxygen atoms in total. The average Bonchev–Trinajstić information content (AvgIpc) is 2.76. The first kappa shape index (κ1) is 18.9. The number of carbonyl (C=O) groups is 1. The van der Waals surface area contributed by atoms with Gasteiger partial charge in [0.2, 0.25) is 5.91 Å². The van der Waals surface area contributed by atoms with E-state index in [2.05, 4.69) is 51.2 Å². The average molecular weight is 396 g/mol. The minimum atomic E-state index is -0.0618. The van der Waals surface area contributed by atoms with Gasteiger partial charge in [0.25, 0.3) is 0 Å². The minimum absolute atomic E-state index is 0.0618. The molecule has 0 aromatic heterocycles. The standard InChI is InChI=1S/C23H33N5O/c1-18-7-13-27(14-8-18)21(29)17-26-15-9-23(10-16-26)25-20-6-3-2-5-19(20)22-24-11-4-12-28(22)23/h2-3,5-6,18,25H,4,7-17H2,1H3. The van der Waals surface area contributed by atoms with Crippen LogP contribution in [0.5, 0.6) is 0 Å². The molecule has 0 radical (unpaired) electrons. The molecule has 2 fully saturated rings. The molecule has 1 aromatic rings. The van der Waals surface area contributed by atoms with Gasteiger partial charge in [0.1, 0.15) is 11.5 Å². The minimum Gasteiger partial charge on any atom is -0.362 e. The van der Waals surface area contributed by atoms with E-state index in [1.54, 1.807) is 0 Å². The molecule has 4 heterocycles. The highest BCUT2D eigenvalue weighted by molar-refractivity contribution is 6.06. The number of hydrogen-bond acceptors (Lipinski definition) is 5. The maximum absolute atomic E-state index is 12.8. The molecule has 5 rings (SSSR count). The topological polar surface area (TPSA) is 51.2 Å². The lowest BCUT2D eigenvalue weighted by molar-refractivity contribution is -0.134. The zero-order valence-electron chi connectivity index (χ0n) is 17.6. The lowest BCUT2D eigenvalue weighted by atomic mass is 9.89. The van der Waals surface area contributed by atoms with Crippen molar-refractivity contribution in [3.05, 3.63) is 29.8 Å². The fourth-order valence-corrected chi connectivity index (χ4v) is 5.38. The largest absolute Gasteiger partial charge is 0.362 e. The van der Waals surface area contributed by atoms with Gasteiger partial charge < -0.3 is 15.1 Å². The first-order chi connectivity index (χ1) is 14.1. The number of aliphatic imine (C=N–C) groups is 1. The zero-order chi connectivity index (χ0) is 19.8. The number of hydrogen-bond donors (Lipinski definition) is 1. The number of benzene rings is 1. The van der Waals surface area contributed by atoms with Crippen LogP contribution < -0.4 is 5.32 Å². The summed E-state index contributed by atoms with van der Waals surface area (Å²) in [5, 5.41) is 3.88. The summed E-state index contributed by atoms with van der Waals surface area (Å²) < 4.78 is 0. The van der Waals surface area contributed by atoms with E-state index >= 15 is 0 Å². The van der Waals surface area contributed by atoms with Crippen molar-refractivity contribution in [3.63, 3.8) is 0 Å². The Morgan fingerprint density at radius 3 is 2.69 bits per heavy atom. The van der Waals surface area contributed by atoms with Crippen LogP contribution in [0.25, 0.3) is 0 Å². The number of amides is 1. The normalized spacial score (nSPS) is 24.5. The predicted molar refractivity (Wildman–Crippen MR) is 116 cm³/mol. The number of anilines is 1. The van der Waals surface area contributed by atoms with Crippen LogP contribution in [0.2, 0.25) is 0 Å². The lowest BCUT2D eigenvalue weighted by Crippen LogP contribution is -2.65. The highest BCUT2D eigenvalue weighted by Crippen LogP contribution is 2.39. The number of piperidine rings is 2. The third-order valence-electron chi connectivity index (χ3n) is 7.29. The van der Waals surface area contributed by atoms with E-state index < -0.39 is 0 Å². The van der Waals surface area contributed by atoms with Gasteiger partial charge in [-0.1, -0.05) is 19.1 Å². The molecular weight excluding hydrogens is 362 g/mol. The molecule has 1 amide bonds. The Morgan fingerprint density at radius 1 is 1.14 bits per heavy atom. The Bertz CT molecular complexity index is 790. The SMILES string of the molecule is CC1CCN(C(=O)CN2CCC3(CC2)Nc2ccccc2C2=NCCCN23)CC1. The number of para-hydroxylation sites is 1. The van der Waals surface area contributed by atoms with E-state index in [-0.39, 0.29) is 5.66 Å². The Morgan fingerprint density at radius 2 is 1.90 bits per heavy atom. The third-order valence-corrected chi connectivity index (χ3v) is 7.29. The van der Waals surface area contributed by atoms with Gasteiger partial charge in [0.15, 0.2) is 0 Å². The predicted octanol–water partition coefficient (Wildman–Crippen LogP) is 2.62. The summed E-state index contributed by atoms with van der Waals surface area (Å²) in [4.78, 5) is 24.6. The van der Waals surface area contributed by atoms with Crippen molar-refractivity contribution in [3.8, 4) is 0 Å². The van der Waals surface area contributed by atoms with Gasteiger partial charge in [-0.05, 0) is 37.3 Å². The Hall–Kier alpha value is -2.08. The van der Waals surface area contributed by atoms with Crippen LogP contribution in [0.4, 0.5) is 5.69 Å². The number of amidine groups is 1. The van der Waals surface area contributed by atoms with Crippen molar-refractivity contribution < 1.29 is 4.79 Å². The molecule has 0 saturated carbocycles. The monoisotopic (exact) mass is 395 g/mol. The molecule has 6 heteroatoms. The summed E-state index contributed by atoms with van der Waals surface area (Å²) in [7, 11) is 0. The third kappa shape index (κ3) is 3.52. The highest BCUT2D eigenvalue weighted by Gasteiger charge is 2.46. The molecule has 1 aromatic carbocycles. The Balaban J connectivity index is 1.27. The van der Waals surface area contributed by atoms with Crippen LogP contribution in [0.3, 0.4) is 0 Å². The number of rotatable bonds is 2. The molecule has 2 saturated heterocycles. The van der Waals surface area contributed by atoms with Gasteiger partial charge in [-0.3, -0.25) is 14.7 Å². The quantitative estimate of drug-likeness (QED) is 0.836. The van der Waals surface area contributed by atoms with E-state index in [1.807, 2.05) is 0 Å². The molecule has 4 aliphatic rings. The molecule has 0 atom stereocenters. The highest BCUT2D eigenvalue weighted by atomic mass is 16.2. The molecule has 0 unspecified atom stereocenters. The lowest BCUT2D eigenvalue weighted by Gasteiger charge is -2.54. The second-order valence-corrected chi connectivity index (χ2v) is 9.25. The molecular formula is C23H33N5O. The number of carbonyl (C=O) groups excluding carboxylic acids is 1. The molecule has 4 aliphatic heterocycles. The number of likely N-dealkylation sites (tertiary alicyclic amines) is 2. The first-order valence-electron chi connectivity index (χ1n) is 11.3. The van der Waals surface area contributed by atoms with E-state index in [0.717, 1.165) is 83.1 Å². The van der Waals surface area contributed by atoms with Gasteiger partial charge in [-0.25, -0.2) is 0 Å². The fraction of sp³-hybridized carbons (Fsp3) is 0.652. The molecule has 1 N–H and O–H groups in total. The Labute approximate surface area is 173 Å². The van der Waals surface area contributed by atoms with Gasteiger partial charge >= 0.3 is 0 Å². The summed E-state index contributed by atoms with van der Waals surface area (Å²) in [6, 6.07) is 8.56. The van der Waals surface area contributed by atoms with E-state index in [0.29, 0.717) is 12.5 Å². The van der Waals surface area contributed by atoms with Crippen molar-refractivity contribution in [2.75, 3.05) is 51.1 Å². The van der Waals surface area contributed by atoms with Gasteiger partial charge in [-0.15, -0.1) is 0 Å². The van der Waals surface area contributed by atoms with Gasteiger partial charge in [-0.2, -0.15) is 0 Å². The van der Waals surface area contributed by atoms with Crippen molar-refractivity contribution in [2.45, 2.75) is 44.7 Å². The fourth-order valence-electron chi connectivity index (χ4n) is 5.38. The van der Waals surface area contributed by atoms with Crippen LogP contribution in [-0.4, -0.2) is 77.9 Å². The molecule has 0 aliphatic carbocycles. The van der Waals surface area contributed by atoms with Gasteiger partial charge in [0, 0.05) is 63.4 Å². The summed E-state index contributed by atoms with van der Waals surface area (Å²) in [6.07, 6.45) is 5.45. The second-order valence-electron chi connectivity index (χ2n) is 9.25. The maximum atomic E-state index is 12.8. The summed E-state index contributed by atoms with van der Waals surface area (Å²) in [5.41, 5.74) is 2.37. The number of nitrogens with one attached hydrogen (secondary N) is 1. The Kier molecular flexibility index (Phi) is 4.98. The van der Waals surface area contributed by atoms with Crippen molar-refractivity contribution >= 4 is 17.4 Å². The van der Waals surface area contributed by atoms with Crippen LogP contribution in [0, 0.1) is 5.92 Å². The number of nitrogens with zero attached hydrogens (tertiary/aromatic N) is 4. The first-order valence-corrected chi connectivity index (χ1v) is 11.3. The molecule has 156 valence electrons. The van der Waals surface area contributed by atoms with Crippen LogP contribution in [-0.2, 0) is 4.79 Å². The van der Waals surface area contributed by atoms with E-state index in [4.69, 9.17) is 4.99 Å². The van der Waals surface area contributed by atoms with Crippen LogP contribution in [0.15, 0.2) is 29.3 Å².